The number of hydrogen-bond donors (Lipinski definition) is 0. The van der Waals surface area contributed by atoms with Crippen molar-refractivity contribution in [1.29, 1.82) is 0 Å². The first-order chi connectivity index (χ1) is 15.2. The zero-order valence-corrected chi connectivity index (χ0v) is 16.7. The number of nitrogens with zero attached hydrogens (tertiary/aromatic N) is 1. The topological polar surface area (TPSA) is 72.9 Å². The van der Waals surface area contributed by atoms with Gasteiger partial charge in [0.05, 0.1) is 23.8 Å². The summed E-state index contributed by atoms with van der Waals surface area (Å²) in [7, 11) is 0. The highest BCUT2D eigenvalue weighted by Crippen LogP contribution is 2.32. The van der Waals surface area contributed by atoms with Gasteiger partial charge in [-0.25, -0.2) is 0 Å². The number of benzene rings is 3. The van der Waals surface area contributed by atoms with Crippen molar-refractivity contribution in [3.8, 4) is 0 Å². The first kappa shape index (κ1) is 18.2. The molecule has 1 fully saturated rings. The molecule has 0 N–H and O–H groups in total. The lowest BCUT2D eigenvalue weighted by Gasteiger charge is -2.17. The molecule has 0 spiro atoms. The van der Waals surface area contributed by atoms with E-state index >= 15 is 0 Å². The van der Waals surface area contributed by atoms with Gasteiger partial charge >= 0.3 is 0 Å². The highest BCUT2D eigenvalue weighted by Gasteiger charge is 2.38. The Hall–Kier alpha value is -3.64. The normalized spacial score (nSPS) is 18.3. The lowest BCUT2D eigenvalue weighted by Crippen LogP contribution is -2.36. The average molecular weight is 413 g/mol. The van der Waals surface area contributed by atoms with Crippen LogP contribution in [0.2, 0.25) is 0 Å². The summed E-state index contributed by atoms with van der Waals surface area (Å²) in [4.78, 5) is 27.3. The van der Waals surface area contributed by atoms with Gasteiger partial charge in [-0.2, -0.15) is 0 Å². The van der Waals surface area contributed by atoms with E-state index in [1.54, 1.807) is 12.1 Å². The number of ether oxygens (including phenoxy) is 1. The number of carbonyl (C=O) groups excluding carboxylic acids is 2. The van der Waals surface area contributed by atoms with Gasteiger partial charge in [0.2, 0.25) is 0 Å². The van der Waals surface area contributed by atoms with Crippen molar-refractivity contribution in [2.75, 3.05) is 13.2 Å². The van der Waals surface area contributed by atoms with Gasteiger partial charge in [0.25, 0.3) is 11.8 Å². The fourth-order valence-electron chi connectivity index (χ4n) is 4.41. The molecule has 1 unspecified atom stereocenters. The third-order valence-electron chi connectivity index (χ3n) is 5.95. The smallest absolute Gasteiger partial charge is 0.261 e. The van der Waals surface area contributed by atoms with Crippen LogP contribution in [0.5, 0.6) is 0 Å². The highest BCUT2D eigenvalue weighted by atomic mass is 16.5. The molecule has 6 nitrogen and oxygen atoms in total. The van der Waals surface area contributed by atoms with E-state index < -0.39 is 0 Å². The Morgan fingerprint density at radius 1 is 0.774 bits per heavy atom. The molecule has 31 heavy (non-hydrogen) atoms. The minimum atomic E-state index is -0.322. The molecular formula is C25H19NO5. The van der Waals surface area contributed by atoms with Crippen molar-refractivity contribution in [3.05, 3.63) is 71.8 Å². The largest absolute Gasteiger partial charge is 0.453 e. The van der Waals surface area contributed by atoms with Crippen molar-refractivity contribution >= 4 is 44.9 Å². The van der Waals surface area contributed by atoms with Crippen LogP contribution in [-0.4, -0.2) is 36.0 Å². The summed E-state index contributed by atoms with van der Waals surface area (Å²) in [6.07, 6.45) is 1.70. The second kappa shape index (κ2) is 6.96. The van der Waals surface area contributed by atoms with Gasteiger partial charge in [-0.1, -0.05) is 36.4 Å². The molecule has 0 radical (unpaired) electrons. The molecule has 6 rings (SSSR count). The minimum absolute atomic E-state index is 0.102. The number of imide groups is 1. The van der Waals surface area contributed by atoms with E-state index in [1.807, 2.05) is 48.5 Å². The molecule has 2 aliphatic heterocycles. The number of rotatable bonds is 2. The van der Waals surface area contributed by atoms with Crippen LogP contribution >= 0.6 is 0 Å². The summed E-state index contributed by atoms with van der Waals surface area (Å²) in [6.45, 7) is 0.938. The maximum atomic E-state index is 13.0. The Kier molecular flexibility index (Phi) is 4.07. The Morgan fingerprint density at radius 2 is 1.32 bits per heavy atom. The molecule has 4 aromatic rings. The van der Waals surface area contributed by atoms with Gasteiger partial charge in [0.15, 0.2) is 11.2 Å². The fourth-order valence-corrected chi connectivity index (χ4v) is 4.41. The van der Waals surface area contributed by atoms with Gasteiger partial charge in [-0.05, 0) is 37.1 Å². The average Bonchev–Trinajstić information content (AvgIpc) is 3.37. The van der Waals surface area contributed by atoms with E-state index in [-0.39, 0.29) is 24.5 Å². The van der Waals surface area contributed by atoms with Gasteiger partial charge in [-0.15, -0.1) is 0 Å². The summed E-state index contributed by atoms with van der Waals surface area (Å²) in [5.41, 5.74) is 2.79. The molecule has 3 aromatic carbocycles. The first-order valence-electron chi connectivity index (χ1n) is 10.4. The summed E-state index contributed by atoms with van der Waals surface area (Å²) < 4.78 is 18.0. The molecule has 0 bridgehead atoms. The molecular weight excluding hydrogens is 394 g/mol. The van der Waals surface area contributed by atoms with E-state index in [4.69, 9.17) is 13.6 Å². The van der Waals surface area contributed by atoms with Crippen molar-refractivity contribution in [1.82, 2.24) is 4.90 Å². The van der Waals surface area contributed by atoms with E-state index in [9.17, 15) is 9.59 Å². The second-order valence-corrected chi connectivity index (χ2v) is 7.90. The fraction of sp³-hybridized carbons (Fsp3) is 0.200. The summed E-state index contributed by atoms with van der Waals surface area (Å²) in [6, 6.07) is 18.6. The zero-order chi connectivity index (χ0) is 20.9. The third-order valence-corrected chi connectivity index (χ3v) is 5.95. The van der Waals surface area contributed by atoms with E-state index in [0.717, 1.165) is 23.6 Å². The predicted molar refractivity (Wildman–Crippen MR) is 115 cm³/mol. The number of amides is 2. The third kappa shape index (κ3) is 2.91. The maximum Gasteiger partial charge on any atom is 0.261 e. The van der Waals surface area contributed by atoms with E-state index in [0.29, 0.717) is 40.1 Å². The van der Waals surface area contributed by atoms with Crippen molar-refractivity contribution in [2.45, 2.75) is 18.9 Å². The monoisotopic (exact) mass is 413 g/mol. The molecule has 1 saturated heterocycles. The first-order valence-corrected chi connectivity index (χ1v) is 10.4. The predicted octanol–water partition coefficient (Wildman–Crippen LogP) is 5.23. The Morgan fingerprint density at radius 3 is 1.84 bits per heavy atom. The van der Waals surface area contributed by atoms with E-state index in [2.05, 4.69) is 0 Å². The van der Waals surface area contributed by atoms with Gasteiger partial charge in [-0.3, -0.25) is 14.5 Å². The van der Waals surface area contributed by atoms with Gasteiger partial charge in [0, 0.05) is 17.4 Å². The van der Waals surface area contributed by atoms with Crippen LogP contribution in [0.25, 0.3) is 33.1 Å². The number of para-hydroxylation sites is 2. The SMILES string of the molecule is O=C1c2cc3oc4ccccc4c4ccccc4oc3cc2C(=O)N1CC1CCCO1. The Balaban J connectivity index is 1.59. The van der Waals surface area contributed by atoms with Crippen LogP contribution < -0.4 is 0 Å². The van der Waals surface area contributed by atoms with Gasteiger partial charge < -0.3 is 13.6 Å². The molecule has 2 amide bonds. The molecule has 1 aromatic heterocycles. The standard InChI is InChI=1S/C25H19NO5/c27-24-18-12-22-23(13-19(18)25(28)26(24)14-15-6-5-11-29-15)31-21-10-4-2-8-17(21)16-7-1-3-9-20(16)30-22/h1-4,7-10,12-13,15H,5-6,11,14H2. The number of hydrogen-bond acceptors (Lipinski definition) is 5. The van der Waals surface area contributed by atoms with Crippen molar-refractivity contribution in [3.63, 3.8) is 0 Å². The Labute approximate surface area is 177 Å². The van der Waals surface area contributed by atoms with E-state index in [1.165, 1.54) is 4.90 Å². The van der Waals surface area contributed by atoms with Crippen molar-refractivity contribution < 1.29 is 23.2 Å². The zero-order valence-electron chi connectivity index (χ0n) is 16.7. The second-order valence-electron chi connectivity index (χ2n) is 7.90. The molecule has 2 aliphatic rings. The molecule has 0 saturated carbocycles. The highest BCUT2D eigenvalue weighted by molar-refractivity contribution is 6.22. The molecule has 0 aliphatic carbocycles. The quantitative estimate of drug-likeness (QED) is 0.421. The van der Waals surface area contributed by atoms with Gasteiger partial charge in [0.1, 0.15) is 11.2 Å². The lowest BCUT2D eigenvalue weighted by molar-refractivity contribution is 0.0475. The summed E-state index contributed by atoms with van der Waals surface area (Å²) in [5, 5.41) is 1.79. The molecule has 6 heteroatoms. The summed E-state index contributed by atoms with van der Waals surface area (Å²) >= 11 is 0. The lowest BCUT2D eigenvalue weighted by atomic mass is 10.1. The number of carbonyl (C=O) groups is 2. The van der Waals surface area contributed by atoms with Crippen LogP contribution in [-0.2, 0) is 4.74 Å². The molecule has 3 heterocycles. The Bertz CT molecular complexity index is 1320. The van der Waals surface area contributed by atoms with Crippen LogP contribution in [0.3, 0.4) is 0 Å². The molecule has 1 atom stereocenters. The number of fused-ring (bicyclic) bond motifs is 5. The van der Waals surface area contributed by atoms with Crippen LogP contribution in [0.15, 0.2) is 69.5 Å². The van der Waals surface area contributed by atoms with Crippen molar-refractivity contribution in [2.24, 2.45) is 0 Å². The molecule has 154 valence electrons. The van der Waals surface area contributed by atoms with Crippen LogP contribution in [0.1, 0.15) is 33.6 Å². The van der Waals surface area contributed by atoms with Crippen LogP contribution in [0, 0.1) is 0 Å². The minimum Gasteiger partial charge on any atom is -0.453 e. The maximum absolute atomic E-state index is 13.0. The summed E-state index contributed by atoms with van der Waals surface area (Å²) in [5.74, 6) is -0.643. The van der Waals surface area contributed by atoms with Crippen LogP contribution in [0.4, 0.5) is 0 Å².